The highest BCUT2D eigenvalue weighted by Gasteiger charge is 2.30. The van der Waals surface area contributed by atoms with Gasteiger partial charge in [-0.05, 0) is 109 Å². The maximum atomic E-state index is 13.5. The lowest BCUT2D eigenvalue weighted by Crippen LogP contribution is -2.47. The summed E-state index contributed by atoms with van der Waals surface area (Å²) in [6.45, 7) is 6.85. The topological polar surface area (TPSA) is 111 Å². The molecule has 0 rings (SSSR count). The number of unbranched alkanes of at least 4 members (excludes halogenated alkanes) is 26. The molecule has 0 radical (unpaired) electrons. The number of hydrogen-bond donors (Lipinski definition) is 2. The van der Waals surface area contributed by atoms with Crippen LogP contribution in [0.2, 0.25) is 0 Å². The largest absolute Gasteiger partial charge is 0.472 e. The van der Waals surface area contributed by atoms with E-state index in [0.717, 1.165) is 122 Å². The van der Waals surface area contributed by atoms with Crippen molar-refractivity contribution < 1.29 is 37.3 Å². The number of nitrogens with one attached hydrogen (secondary N) is 1. The van der Waals surface area contributed by atoms with Crippen molar-refractivity contribution in [3.05, 3.63) is 97.2 Å². The number of ether oxygens (including phenoxy) is 1. The van der Waals surface area contributed by atoms with Gasteiger partial charge in [0.15, 0.2) is 0 Å². The molecule has 3 atom stereocenters. The van der Waals surface area contributed by atoms with Crippen molar-refractivity contribution in [2.75, 3.05) is 40.9 Å². The highest BCUT2D eigenvalue weighted by atomic mass is 31.2. The predicted octanol–water partition coefficient (Wildman–Crippen LogP) is 19.6. The third-order valence-electron chi connectivity index (χ3n) is 13.5. The van der Waals surface area contributed by atoms with Crippen molar-refractivity contribution >= 4 is 19.7 Å². The second-order valence-corrected chi connectivity index (χ2v) is 23.6. The molecule has 3 unspecified atom stereocenters. The Morgan fingerprint density at radius 2 is 0.831 bits per heavy atom. The SMILES string of the molecule is CC/C=C\C/C=C\C/C=C\C/C=C\C/C=C\CCCCCCCCCC(=O)OC(/C=C\CCCCCCCCCCC)C(COP(=O)(O)OCC[N+](C)(C)C)NC(=O)CCCCCCCCC/C=C\C/C=C\CCCCC. The number of carbonyl (C=O) groups is 2. The maximum absolute atomic E-state index is 13.5. The highest BCUT2D eigenvalue weighted by molar-refractivity contribution is 7.47. The van der Waals surface area contributed by atoms with Gasteiger partial charge in [-0.3, -0.25) is 18.6 Å². The highest BCUT2D eigenvalue weighted by Crippen LogP contribution is 2.43. The van der Waals surface area contributed by atoms with Crippen LogP contribution in [0.3, 0.4) is 0 Å². The van der Waals surface area contributed by atoms with Crippen LogP contribution in [0, 0.1) is 0 Å². The van der Waals surface area contributed by atoms with E-state index in [0.29, 0.717) is 17.4 Å². The molecule has 0 saturated carbocycles. The zero-order chi connectivity index (χ0) is 56.4. The normalized spacial score (nSPS) is 14.3. The maximum Gasteiger partial charge on any atom is 0.472 e. The van der Waals surface area contributed by atoms with Gasteiger partial charge in [-0.25, -0.2) is 4.57 Å². The summed E-state index contributed by atoms with van der Waals surface area (Å²) in [5, 5.41) is 3.05. The molecule has 0 aliphatic rings. The van der Waals surface area contributed by atoms with Gasteiger partial charge in [0.25, 0.3) is 0 Å². The number of quaternary nitrogens is 1. The first-order chi connectivity index (χ1) is 37.4. The molecule has 0 saturated heterocycles. The van der Waals surface area contributed by atoms with Gasteiger partial charge in [-0.2, -0.15) is 0 Å². The molecule has 0 aromatic heterocycles. The molecule has 0 aliphatic carbocycles. The summed E-state index contributed by atoms with van der Waals surface area (Å²) in [4.78, 5) is 37.7. The lowest BCUT2D eigenvalue weighted by Gasteiger charge is -2.27. The molecule has 0 aromatic rings. The van der Waals surface area contributed by atoms with Gasteiger partial charge < -0.3 is 19.4 Å². The third kappa shape index (κ3) is 57.4. The fourth-order valence-electron chi connectivity index (χ4n) is 8.64. The Kier molecular flexibility index (Phi) is 54.0. The van der Waals surface area contributed by atoms with Crippen molar-refractivity contribution in [1.82, 2.24) is 5.32 Å². The summed E-state index contributed by atoms with van der Waals surface area (Å²) in [7, 11) is 1.47. The number of amides is 1. The summed E-state index contributed by atoms with van der Waals surface area (Å²) in [5.41, 5.74) is 0. The van der Waals surface area contributed by atoms with E-state index in [1.165, 1.54) is 109 Å². The molecular weight excluding hydrogens is 976 g/mol. The smallest absolute Gasteiger partial charge is 0.456 e. The molecule has 0 heterocycles. The number of likely N-dealkylation sites (N-methyl/N-ethyl adjacent to an activating group) is 1. The first kappa shape index (κ1) is 73.9. The minimum Gasteiger partial charge on any atom is -0.456 e. The van der Waals surface area contributed by atoms with Crippen LogP contribution in [-0.4, -0.2) is 74.3 Å². The number of carbonyl (C=O) groups excluding carboxylic acids is 2. The molecular formula is C67H120N2O7P+. The van der Waals surface area contributed by atoms with Crippen molar-refractivity contribution in [3.63, 3.8) is 0 Å². The van der Waals surface area contributed by atoms with Crippen LogP contribution in [0.25, 0.3) is 0 Å². The number of phosphoric acid groups is 1. The average Bonchev–Trinajstić information content (AvgIpc) is 3.39. The number of rotatable bonds is 56. The Bertz CT molecular complexity index is 1640. The first-order valence-electron chi connectivity index (χ1n) is 31.6. The van der Waals surface area contributed by atoms with E-state index in [4.69, 9.17) is 13.8 Å². The van der Waals surface area contributed by atoms with E-state index < -0.39 is 20.0 Å². The van der Waals surface area contributed by atoms with E-state index in [1.807, 2.05) is 33.3 Å². The van der Waals surface area contributed by atoms with Crippen molar-refractivity contribution in [2.24, 2.45) is 0 Å². The molecule has 0 aliphatic heterocycles. The van der Waals surface area contributed by atoms with E-state index >= 15 is 0 Å². The summed E-state index contributed by atoms with van der Waals surface area (Å²) in [6, 6.07) is -0.862. The van der Waals surface area contributed by atoms with Crippen LogP contribution in [0.4, 0.5) is 0 Å². The Morgan fingerprint density at radius 3 is 1.27 bits per heavy atom. The van der Waals surface area contributed by atoms with Gasteiger partial charge in [0, 0.05) is 12.8 Å². The number of phosphoric ester groups is 1. The number of hydrogen-bond acceptors (Lipinski definition) is 6. The number of allylic oxidation sites excluding steroid dienone is 15. The molecule has 1 amide bonds. The van der Waals surface area contributed by atoms with Gasteiger partial charge in [0.05, 0.1) is 33.8 Å². The second-order valence-electron chi connectivity index (χ2n) is 22.2. The van der Waals surface area contributed by atoms with E-state index in [1.54, 1.807) is 0 Å². The van der Waals surface area contributed by atoms with Crippen LogP contribution in [0.1, 0.15) is 265 Å². The van der Waals surface area contributed by atoms with E-state index in [9.17, 15) is 19.0 Å². The molecule has 444 valence electrons. The van der Waals surface area contributed by atoms with Crippen LogP contribution >= 0.6 is 7.82 Å². The lowest BCUT2D eigenvalue weighted by molar-refractivity contribution is -0.870. The van der Waals surface area contributed by atoms with Crippen molar-refractivity contribution in [3.8, 4) is 0 Å². The minimum atomic E-state index is -4.46. The van der Waals surface area contributed by atoms with Gasteiger partial charge >= 0.3 is 13.8 Å². The molecule has 0 fully saturated rings. The molecule has 10 heteroatoms. The Morgan fingerprint density at radius 1 is 0.468 bits per heavy atom. The summed E-state index contributed by atoms with van der Waals surface area (Å²) in [5.74, 6) is -0.530. The fourth-order valence-corrected chi connectivity index (χ4v) is 9.38. The minimum absolute atomic E-state index is 0.0324. The third-order valence-corrected chi connectivity index (χ3v) is 14.5. The first-order valence-corrected chi connectivity index (χ1v) is 33.1. The molecule has 0 bridgehead atoms. The lowest BCUT2D eigenvalue weighted by atomic mass is 10.1. The Hall–Kier alpha value is -3.07. The van der Waals surface area contributed by atoms with Crippen LogP contribution in [-0.2, 0) is 27.9 Å². The average molecular weight is 1100 g/mol. The summed E-state index contributed by atoms with van der Waals surface area (Å²) in [6.07, 6.45) is 75.4. The van der Waals surface area contributed by atoms with Gasteiger partial charge in [-0.15, -0.1) is 0 Å². The fraction of sp³-hybridized carbons (Fsp3) is 0.731. The van der Waals surface area contributed by atoms with E-state index in [2.05, 4.69) is 111 Å². The van der Waals surface area contributed by atoms with E-state index in [-0.39, 0.29) is 31.5 Å². The van der Waals surface area contributed by atoms with Crippen LogP contribution in [0.5, 0.6) is 0 Å². The van der Waals surface area contributed by atoms with Crippen molar-refractivity contribution in [1.29, 1.82) is 0 Å². The molecule has 0 aromatic carbocycles. The quantitative estimate of drug-likeness (QED) is 0.0205. The van der Waals surface area contributed by atoms with Crippen LogP contribution in [0.15, 0.2) is 97.2 Å². The standard InChI is InChI=1S/C67H119N2O7P/c1-7-10-13-16-19-22-25-27-29-31-32-33-34-35-36-38-40-42-45-48-51-54-57-60-67(71)76-65(58-55-52-49-46-43-24-21-18-15-12-9-3)64(63-75-77(72,73)74-62-61-69(4,5)6)68-66(70)59-56-53-50-47-44-41-39-37-30-28-26-23-20-17-14-11-8-2/h10,13,19-20,22-23,27-30,32-33,35-36,55,58,64-65H,7-9,11-12,14-18,21,24-26,31,34,37-54,56-57,59-63H2,1-6H3,(H-,68,70,72,73)/p+1/b13-10-,22-19-,23-20-,29-27-,30-28-,33-32-,36-35-,58-55-. The van der Waals surface area contributed by atoms with Crippen LogP contribution < -0.4 is 5.32 Å². The molecule has 2 N–H and O–H groups in total. The zero-order valence-corrected chi connectivity index (χ0v) is 51.6. The Balaban J connectivity index is 5.22. The van der Waals surface area contributed by atoms with Gasteiger partial charge in [0.1, 0.15) is 19.3 Å². The molecule has 77 heavy (non-hydrogen) atoms. The van der Waals surface area contributed by atoms with Gasteiger partial charge in [-0.1, -0.05) is 240 Å². The van der Waals surface area contributed by atoms with Crippen molar-refractivity contribution in [2.45, 2.75) is 277 Å². The predicted molar refractivity (Wildman–Crippen MR) is 332 cm³/mol. The monoisotopic (exact) mass is 1100 g/mol. The second kappa shape index (κ2) is 56.2. The summed E-state index contributed by atoms with van der Waals surface area (Å²) < 4.78 is 30.7. The Labute approximate surface area is 475 Å². The molecule has 9 nitrogen and oxygen atoms in total. The summed E-state index contributed by atoms with van der Waals surface area (Å²) >= 11 is 0. The number of esters is 1. The zero-order valence-electron chi connectivity index (χ0n) is 50.7. The number of nitrogens with zero attached hydrogens (tertiary/aromatic N) is 1. The molecule has 0 spiro atoms. The van der Waals surface area contributed by atoms with Gasteiger partial charge in [0.2, 0.25) is 5.91 Å².